The molecule has 0 radical (unpaired) electrons. The molecule has 3 nitrogen and oxygen atoms in total. The first-order chi connectivity index (χ1) is 9.67. The van der Waals surface area contributed by atoms with E-state index in [-0.39, 0.29) is 5.82 Å². The second-order valence-corrected chi connectivity index (χ2v) is 5.63. The molecule has 2 unspecified atom stereocenters. The van der Waals surface area contributed by atoms with Crippen molar-refractivity contribution in [2.45, 2.75) is 38.8 Å². The van der Waals surface area contributed by atoms with Crippen LogP contribution < -0.4 is 10.5 Å². The van der Waals surface area contributed by atoms with Gasteiger partial charge in [-0.05, 0) is 43.0 Å². The van der Waals surface area contributed by atoms with Crippen LogP contribution in [0.5, 0.6) is 5.75 Å². The van der Waals surface area contributed by atoms with E-state index in [2.05, 4.69) is 11.8 Å². The van der Waals surface area contributed by atoms with Crippen LogP contribution in [0.1, 0.15) is 31.7 Å². The van der Waals surface area contributed by atoms with Crippen LogP contribution in [0.4, 0.5) is 4.39 Å². The predicted octanol–water partition coefficient (Wildman–Crippen LogP) is 2.78. The van der Waals surface area contributed by atoms with Crippen LogP contribution in [0, 0.1) is 11.7 Å². The van der Waals surface area contributed by atoms with Gasteiger partial charge in [0.05, 0.1) is 7.11 Å². The van der Waals surface area contributed by atoms with Crippen molar-refractivity contribution in [3.8, 4) is 5.75 Å². The van der Waals surface area contributed by atoms with E-state index in [4.69, 9.17) is 10.5 Å². The molecule has 1 fully saturated rings. The quantitative estimate of drug-likeness (QED) is 0.901. The Morgan fingerprint density at radius 3 is 2.85 bits per heavy atom. The maximum Gasteiger partial charge on any atom is 0.165 e. The number of likely N-dealkylation sites (tertiary alicyclic amines) is 1. The lowest BCUT2D eigenvalue weighted by Gasteiger charge is -2.38. The summed E-state index contributed by atoms with van der Waals surface area (Å²) in [5, 5.41) is 0. The van der Waals surface area contributed by atoms with Gasteiger partial charge in [-0.1, -0.05) is 19.4 Å². The number of hydrogen-bond acceptors (Lipinski definition) is 3. The smallest absolute Gasteiger partial charge is 0.165 e. The maximum absolute atomic E-state index is 13.7. The number of methoxy groups -OCH3 is 1. The number of ether oxygens (including phenoxy) is 1. The second kappa shape index (κ2) is 7.04. The number of nitrogens with two attached hydrogens (primary N) is 1. The van der Waals surface area contributed by atoms with E-state index in [1.165, 1.54) is 20.0 Å². The van der Waals surface area contributed by atoms with Crippen molar-refractivity contribution in [1.29, 1.82) is 0 Å². The Kier molecular flexibility index (Phi) is 5.38. The Morgan fingerprint density at radius 1 is 1.45 bits per heavy atom. The summed E-state index contributed by atoms with van der Waals surface area (Å²) in [6, 6.07) is 5.61. The van der Waals surface area contributed by atoms with Crippen LogP contribution >= 0.6 is 0 Å². The van der Waals surface area contributed by atoms with Crippen molar-refractivity contribution in [3.63, 3.8) is 0 Å². The molecule has 0 amide bonds. The van der Waals surface area contributed by atoms with Gasteiger partial charge in [-0.15, -0.1) is 0 Å². The molecular weight excluding hydrogens is 255 g/mol. The molecule has 2 N–H and O–H groups in total. The predicted molar refractivity (Wildman–Crippen MR) is 79.2 cm³/mol. The Morgan fingerprint density at radius 2 is 2.25 bits per heavy atom. The van der Waals surface area contributed by atoms with Gasteiger partial charge >= 0.3 is 0 Å². The highest BCUT2D eigenvalue weighted by Gasteiger charge is 2.26. The minimum Gasteiger partial charge on any atom is -0.494 e. The molecule has 1 heterocycles. The van der Waals surface area contributed by atoms with Crippen molar-refractivity contribution in [2.75, 3.05) is 20.2 Å². The number of nitrogens with zero attached hydrogens (tertiary/aromatic N) is 1. The van der Waals surface area contributed by atoms with E-state index in [0.29, 0.717) is 18.3 Å². The van der Waals surface area contributed by atoms with Crippen LogP contribution in [0.2, 0.25) is 0 Å². The average Bonchev–Trinajstić information content (AvgIpc) is 2.48. The lowest BCUT2D eigenvalue weighted by Crippen LogP contribution is -2.46. The maximum atomic E-state index is 13.7. The Labute approximate surface area is 120 Å². The van der Waals surface area contributed by atoms with Gasteiger partial charge in [-0.25, -0.2) is 4.39 Å². The van der Waals surface area contributed by atoms with Gasteiger partial charge in [0.1, 0.15) is 0 Å². The molecule has 0 aliphatic carbocycles. The van der Waals surface area contributed by atoms with Crippen LogP contribution in [-0.4, -0.2) is 31.1 Å². The largest absolute Gasteiger partial charge is 0.494 e. The van der Waals surface area contributed by atoms with E-state index in [0.717, 1.165) is 31.0 Å². The van der Waals surface area contributed by atoms with E-state index < -0.39 is 0 Å². The molecule has 2 atom stereocenters. The van der Waals surface area contributed by atoms with Crippen molar-refractivity contribution >= 4 is 0 Å². The Hall–Kier alpha value is -1.13. The monoisotopic (exact) mass is 280 g/mol. The minimum absolute atomic E-state index is 0.294. The Bertz CT molecular complexity index is 438. The molecular formula is C16H25FN2O. The summed E-state index contributed by atoms with van der Waals surface area (Å²) in [6.07, 6.45) is 3.60. The van der Waals surface area contributed by atoms with Gasteiger partial charge < -0.3 is 10.5 Å². The zero-order valence-corrected chi connectivity index (χ0v) is 12.4. The third kappa shape index (κ3) is 3.49. The summed E-state index contributed by atoms with van der Waals surface area (Å²) in [7, 11) is 1.48. The standard InChI is InChI=1S/C16H25FN2O/c1-3-12-6-7-19(14(8-12)10-18)11-13-4-5-16(20-2)15(17)9-13/h4-5,9,12,14H,3,6-8,10-11,18H2,1-2H3. The van der Waals surface area contributed by atoms with Gasteiger partial charge in [-0.2, -0.15) is 0 Å². The third-order valence-corrected chi connectivity index (χ3v) is 4.40. The molecule has 0 saturated carbocycles. The van der Waals surface area contributed by atoms with Crippen LogP contribution in [0.15, 0.2) is 18.2 Å². The highest BCUT2D eigenvalue weighted by molar-refractivity contribution is 5.29. The first-order valence-electron chi connectivity index (χ1n) is 7.44. The van der Waals surface area contributed by atoms with Gasteiger partial charge in [0.15, 0.2) is 11.6 Å². The summed E-state index contributed by atoms with van der Waals surface area (Å²) in [5.74, 6) is 0.791. The summed E-state index contributed by atoms with van der Waals surface area (Å²) in [4.78, 5) is 2.38. The van der Waals surface area contributed by atoms with Crippen LogP contribution in [0.3, 0.4) is 0 Å². The lowest BCUT2D eigenvalue weighted by atomic mass is 9.88. The molecule has 2 rings (SSSR count). The summed E-state index contributed by atoms with van der Waals surface area (Å²) in [5.41, 5.74) is 6.89. The van der Waals surface area contributed by atoms with Crippen LogP contribution in [0.25, 0.3) is 0 Å². The Balaban J connectivity index is 2.03. The molecule has 112 valence electrons. The number of piperidine rings is 1. The zero-order valence-electron chi connectivity index (χ0n) is 12.4. The van der Waals surface area contributed by atoms with E-state index in [9.17, 15) is 4.39 Å². The molecule has 1 aromatic rings. The minimum atomic E-state index is -0.294. The highest BCUT2D eigenvalue weighted by Crippen LogP contribution is 2.27. The van der Waals surface area contributed by atoms with Gasteiger partial charge in [-0.3, -0.25) is 4.90 Å². The third-order valence-electron chi connectivity index (χ3n) is 4.40. The van der Waals surface area contributed by atoms with Crippen molar-refractivity contribution in [1.82, 2.24) is 4.90 Å². The SMILES string of the molecule is CCC1CCN(Cc2ccc(OC)c(F)c2)C(CN)C1. The molecule has 4 heteroatoms. The fraction of sp³-hybridized carbons (Fsp3) is 0.625. The second-order valence-electron chi connectivity index (χ2n) is 5.63. The van der Waals surface area contributed by atoms with Gasteiger partial charge in [0.25, 0.3) is 0 Å². The summed E-state index contributed by atoms with van der Waals surface area (Å²) in [6.45, 7) is 4.73. The molecule has 1 aliphatic rings. The van der Waals surface area contributed by atoms with E-state index >= 15 is 0 Å². The summed E-state index contributed by atoms with van der Waals surface area (Å²) >= 11 is 0. The number of benzene rings is 1. The molecule has 0 aromatic heterocycles. The molecule has 0 spiro atoms. The van der Waals surface area contributed by atoms with Crippen LogP contribution in [-0.2, 0) is 6.54 Å². The average molecular weight is 280 g/mol. The first kappa shape index (κ1) is 15.3. The van der Waals surface area contributed by atoms with Gasteiger partial charge in [0.2, 0.25) is 0 Å². The molecule has 20 heavy (non-hydrogen) atoms. The summed E-state index contributed by atoms with van der Waals surface area (Å²) < 4.78 is 18.7. The number of hydrogen-bond donors (Lipinski definition) is 1. The fourth-order valence-electron chi connectivity index (χ4n) is 3.05. The molecule has 1 aromatic carbocycles. The fourth-order valence-corrected chi connectivity index (χ4v) is 3.05. The van der Waals surface area contributed by atoms with Crippen molar-refractivity contribution in [2.24, 2.45) is 11.7 Å². The highest BCUT2D eigenvalue weighted by atomic mass is 19.1. The normalized spacial score (nSPS) is 23.8. The van der Waals surface area contributed by atoms with Crippen molar-refractivity contribution < 1.29 is 9.13 Å². The molecule has 1 saturated heterocycles. The zero-order chi connectivity index (χ0) is 14.5. The topological polar surface area (TPSA) is 38.5 Å². The van der Waals surface area contributed by atoms with E-state index in [1.54, 1.807) is 12.1 Å². The van der Waals surface area contributed by atoms with E-state index in [1.807, 2.05) is 6.07 Å². The van der Waals surface area contributed by atoms with Gasteiger partial charge in [0, 0.05) is 19.1 Å². The number of rotatable bonds is 5. The van der Waals surface area contributed by atoms with Crippen molar-refractivity contribution in [3.05, 3.63) is 29.6 Å². The molecule has 1 aliphatic heterocycles. The number of halogens is 1. The lowest BCUT2D eigenvalue weighted by molar-refractivity contribution is 0.107. The molecule has 0 bridgehead atoms. The first-order valence-corrected chi connectivity index (χ1v) is 7.44.